The number of hydrogen-bond acceptors (Lipinski definition) is 3. The van der Waals surface area contributed by atoms with Crippen LogP contribution in [0.3, 0.4) is 0 Å². The van der Waals surface area contributed by atoms with Gasteiger partial charge in [-0.25, -0.2) is 0 Å². The van der Waals surface area contributed by atoms with E-state index in [2.05, 4.69) is 11.4 Å². The largest absolute Gasteiger partial charge is 0.481 e. The summed E-state index contributed by atoms with van der Waals surface area (Å²) >= 11 is 0. The zero-order chi connectivity index (χ0) is 12.3. The van der Waals surface area contributed by atoms with Crippen molar-refractivity contribution < 1.29 is 9.90 Å². The lowest BCUT2D eigenvalue weighted by Crippen LogP contribution is -2.17. The van der Waals surface area contributed by atoms with Gasteiger partial charge in [0.2, 0.25) is 0 Å². The van der Waals surface area contributed by atoms with Crippen molar-refractivity contribution in [2.75, 3.05) is 5.32 Å². The number of benzene rings is 1. The van der Waals surface area contributed by atoms with Crippen molar-refractivity contribution in [3.63, 3.8) is 0 Å². The van der Waals surface area contributed by atoms with Crippen LogP contribution in [0, 0.1) is 17.2 Å². The van der Waals surface area contributed by atoms with E-state index < -0.39 is 5.97 Å². The molecule has 1 fully saturated rings. The number of nitrogens with zero attached hydrogens (tertiary/aromatic N) is 1. The molecule has 2 N–H and O–H groups in total. The topological polar surface area (TPSA) is 73.1 Å². The van der Waals surface area contributed by atoms with Crippen molar-refractivity contribution in [3.05, 3.63) is 29.8 Å². The molecule has 2 atom stereocenters. The second kappa shape index (κ2) is 4.88. The standard InChI is InChI=1S/C13H14N2O2/c14-8-9-1-4-11(5-2-9)15-12-6-3-10(7-12)13(16)17/h1-2,4-5,10,12,15H,3,6-7H2,(H,16,17)/t10-,12+/m1/s1. The van der Waals surface area contributed by atoms with Gasteiger partial charge in [0.15, 0.2) is 0 Å². The van der Waals surface area contributed by atoms with Crippen molar-refractivity contribution in [1.82, 2.24) is 0 Å². The third-order valence-corrected chi connectivity index (χ3v) is 3.17. The lowest BCUT2D eigenvalue weighted by Gasteiger charge is -2.13. The molecule has 0 radical (unpaired) electrons. The number of aliphatic carboxylic acids is 1. The highest BCUT2D eigenvalue weighted by Gasteiger charge is 2.29. The van der Waals surface area contributed by atoms with Gasteiger partial charge in [-0.1, -0.05) is 0 Å². The summed E-state index contributed by atoms with van der Waals surface area (Å²) in [5.41, 5.74) is 1.57. The molecule has 0 unspecified atom stereocenters. The van der Waals surface area contributed by atoms with E-state index in [9.17, 15) is 4.79 Å². The molecule has 0 spiro atoms. The first-order valence-corrected chi connectivity index (χ1v) is 5.68. The van der Waals surface area contributed by atoms with E-state index in [1.54, 1.807) is 12.1 Å². The Bertz CT molecular complexity index is 447. The molecule has 4 heteroatoms. The first-order valence-electron chi connectivity index (χ1n) is 5.68. The van der Waals surface area contributed by atoms with Gasteiger partial charge >= 0.3 is 5.97 Å². The maximum Gasteiger partial charge on any atom is 0.306 e. The van der Waals surface area contributed by atoms with Crippen LogP contribution in [0.15, 0.2) is 24.3 Å². The smallest absolute Gasteiger partial charge is 0.306 e. The summed E-state index contributed by atoms with van der Waals surface area (Å²) in [4.78, 5) is 10.8. The highest BCUT2D eigenvalue weighted by molar-refractivity contribution is 5.70. The van der Waals surface area contributed by atoms with Crippen LogP contribution in [0.1, 0.15) is 24.8 Å². The van der Waals surface area contributed by atoms with Crippen LogP contribution in [0.5, 0.6) is 0 Å². The summed E-state index contributed by atoms with van der Waals surface area (Å²) in [7, 11) is 0. The average Bonchev–Trinajstić information content (AvgIpc) is 2.79. The number of nitriles is 1. The minimum atomic E-state index is -0.700. The molecule has 2 rings (SSSR count). The predicted molar refractivity (Wildman–Crippen MR) is 63.5 cm³/mol. The van der Waals surface area contributed by atoms with E-state index in [-0.39, 0.29) is 12.0 Å². The van der Waals surface area contributed by atoms with Crippen molar-refractivity contribution >= 4 is 11.7 Å². The number of hydrogen-bond donors (Lipinski definition) is 2. The number of rotatable bonds is 3. The molecule has 1 aromatic rings. The monoisotopic (exact) mass is 230 g/mol. The van der Waals surface area contributed by atoms with Gasteiger partial charge in [0.1, 0.15) is 0 Å². The van der Waals surface area contributed by atoms with Crippen molar-refractivity contribution in [2.45, 2.75) is 25.3 Å². The average molecular weight is 230 g/mol. The molecule has 0 bridgehead atoms. The van der Waals surface area contributed by atoms with E-state index >= 15 is 0 Å². The summed E-state index contributed by atoms with van der Waals surface area (Å²) in [6.07, 6.45) is 2.30. The van der Waals surface area contributed by atoms with Crippen LogP contribution in [0.2, 0.25) is 0 Å². The zero-order valence-electron chi connectivity index (χ0n) is 9.39. The Kier molecular flexibility index (Phi) is 3.29. The Labute approximate surface area is 99.9 Å². The maximum absolute atomic E-state index is 10.8. The molecule has 0 amide bonds. The third kappa shape index (κ3) is 2.76. The molecule has 0 aromatic heterocycles. The van der Waals surface area contributed by atoms with Crippen LogP contribution in [-0.2, 0) is 4.79 Å². The molecule has 0 aliphatic heterocycles. The molecule has 1 aliphatic carbocycles. The van der Waals surface area contributed by atoms with Crippen molar-refractivity contribution in [2.24, 2.45) is 5.92 Å². The minimum Gasteiger partial charge on any atom is -0.481 e. The summed E-state index contributed by atoms with van der Waals surface area (Å²) < 4.78 is 0. The lowest BCUT2D eigenvalue weighted by atomic mass is 10.1. The molecule has 1 aromatic carbocycles. The number of carbonyl (C=O) groups is 1. The molecule has 17 heavy (non-hydrogen) atoms. The molecule has 0 heterocycles. The van der Waals surface area contributed by atoms with Crippen LogP contribution in [-0.4, -0.2) is 17.1 Å². The normalized spacial score (nSPS) is 23.0. The van der Waals surface area contributed by atoms with Gasteiger partial charge in [-0.2, -0.15) is 5.26 Å². The summed E-state index contributed by atoms with van der Waals surface area (Å²) in [5.74, 6) is -0.917. The first-order chi connectivity index (χ1) is 8.19. The maximum atomic E-state index is 10.8. The van der Waals surface area contributed by atoms with Crippen LogP contribution >= 0.6 is 0 Å². The van der Waals surface area contributed by atoms with E-state index in [4.69, 9.17) is 10.4 Å². The fourth-order valence-corrected chi connectivity index (χ4v) is 2.21. The van der Waals surface area contributed by atoms with Gasteiger partial charge in [0.25, 0.3) is 0 Å². The summed E-state index contributed by atoms with van der Waals surface area (Å²) in [6.45, 7) is 0. The highest BCUT2D eigenvalue weighted by Crippen LogP contribution is 2.28. The Morgan fingerprint density at radius 3 is 2.59 bits per heavy atom. The van der Waals surface area contributed by atoms with E-state index in [1.165, 1.54) is 0 Å². The van der Waals surface area contributed by atoms with Crippen LogP contribution in [0.4, 0.5) is 5.69 Å². The molecule has 4 nitrogen and oxygen atoms in total. The molecule has 88 valence electrons. The Morgan fingerprint density at radius 1 is 1.35 bits per heavy atom. The van der Waals surface area contributed by atoms with Gasteiger partial charge in [0, 0.05) is 11.7 Å². The van der Waals surface area contributed by atoms with Crippen LogP contribution < -0.4 is 5.32 Å². The van der Waals surface area contributed by atoms with Gasteiger partial charge < -0.3 is 10.4 Å². The SMILES string of the molecule is N#Cc1ccc(N[C@H]2CC[C@@H](C(=O)O)C2)cc1. The second-order valence-electron chi connectivity index (χ2n) is 4.38. The molecule has 0 saturated heterocycles. The zero-order valence-corrected chi connectivity index (χ0v) is 9.39. The number of carboxylic acid groups (broad SMARTS) is 1. The Hall–Kier alpha value is -2.02. The summed E-state index contributed by atoms with van der Waals surface area (Å²) in [6, 6.07) is 9.51. The highest BCUT2D eigenvalue weighted by atomic mass is 16.4. The van der Waals surface area contributed by atoms with Crippen molar-refractivity contribution in [1.29, 1.82) is 5.26 Å². The molecular formula is C13H14N2O2. The third-order valence-electron chi connectivity index (χ3n) is 3.17. The number of anilines is 1. The molecule has 1 aliphatic rings. The lowest BCUT2D eigenvalue weighted by molar-refractivity contribution is -0.141. The van der Waals surface area contributed by atoms with E-state index in [0.717, 1.165) is 18.5 Å². The van der Waals surface area contributed by atoms with Gasteiger partial charge in [-0.15, -0.1) is 0 Å². The fraction of sp³-hybridized carbons (Fsp3) is 0.385. The first kappa shape index (κ1) is 11.5. The fourth-order valence-electron chi connectivity index (χ4n) is 2.21. The number of carboxylic acids is 1. The summed E-state index contributed by atoms with van der Waals surface area (Å²) in [5, 5.41) is 20.9. The second-order valence-corrected chi connectivity index (χ2v) is 4.38. The molecule has 1 saturated carbocycles. The van der Waals surface area contributed by atoms with Gasteiger partial charge in [-0.3, -0.25) is 4.79 Å². The van der Waals surface area contributed by atoms with Crippen LogP contribution in [0.25, 0.3) is 0 Å². The number of nitrogens with one attached hydrogen (secondary N) is 1. The van der Waals surface area contributed by atoms with E-state index in [1.807, 2.05) is 12.1 Å². The van der Waals surface area contributed by atoms with Gasteiger partial charge in [-0.05, 0) is 43.5 Å². The van der Waals surface area contributed by atoms with Gasteiger partial charge in [0.05, 0.1) is 17.6 Å². The Morgan fingerprint density at radius 2 is 2.06 bits per heavy atom. The minimum absolute atomic E-state index is 0.217. The quantitative estimate of drug-likeness (QED) is 0.835. The Balaban J connectivity index is 1.94. The predicted octanol–water partition coefficient (Wildman–Crippen LogP) is 2.22. The van der Waals surface area contributed by atoms with E-state index in [0.29, 0.717) is 12.0 Å². The molecular weight excluding hydrogens is 216 g/mol. The van der Waals surface area contributed by atoms with Crippen molar-refractivity contribution in [3.8, 4) is 6.07 Å².